The molecule has 0 aromatic heterocycles. The first-order valence-corrected chi connectivity index (χ1v) is 8.67. The van der Waals surface area contributed by atoms with Crippen LogP contribution in [0.15, 0.2) is 54.6 Å². The summed E-state index contributed by atoms with van der Waals surface area (Å²) in [6.07, 6.45) is 3.31. The molecule has 1 N–H and O–H groups in total. The van der Waals surface area contributed by atoms with Gasteiger partial charge in [-0.3, -0.25) is 4.79 Å². The molecule has 0 atom stereocenters. The highest BCUT2D eigenvalue weighted by atomic mass is 16.5. The molecule has 0 saturated carbocycles. The third-order valence-corrected chi connectivity index (χ3v) is 3.39. The van der Waals surface area contributed by atoms with Crippen LogP contribution in [0.4, 0.5) is 0 Å². The van der Waals surface area contributed by atoms with Gasteiger partial charge in [-0.1, -0.05) is 62.2 Å². The van der Waals surface area contributed by atoms with Crippen LogP contribution < -0.4 is 0 Å². The molecule has 0 heterocycles. The Hall–Kier alpha value is -2.82. The van der Waals surface area contributed by atoms with E-state index in [9.17, 15) is 14.7 Å². The number of ether oxygens (including phenoxy) is 2. The average Bonchev–Trinajstić information content (AvgIpc) is 2.65. The molecule has 2 aromatic carbocycles. The molecule has 0 unspecified atom stereocenters. The number of phenolic OH excluding ortho intramolecular Hbond substituents is 1. The Kier molecular flexibility index (Phi) is 10.2. The molecule has 0 spiro atoms. The number of hydrogen-bond acceptors (Lipinski definition) is 5. The quantitative estimate of drug-likeness (QED) is 0.583. The SMILES string of the molecule is CCCCCOC(C)=O.O=C(OCc1ccccc1)c1ccccc1O. The van der Waals surface area contributed by atoms with Crippen LogP contribution >= 0.6 is 0 Å². The maximum atomic E-state index is 11.7. The van der Waals surface area contributed by atoms with Crippen LogP contribution in [0.2, 0.25) is 0 Å². The van der Waals surface area contributed by atoms with Crippen molar-refractivity contribution in [1.29, 1.82) is 0 Å². The Morgan fingerprint density at radius 3 is 2.19 bits per heavy atom. The molecule has 0 fully saturated rings. The summed E-state index contributed by atoms with van der Waals surface area (Å²) in [7, 11) is 0. The third kappa shape index (κ3) is 8.87. The van der Waals surface area contributed by atoms with Gasteiger partial charge in [0, 0.05) is 6.92 Å². The highest BCUT2D eigenvalue weighted by Crippen LogP contribution is 2.17. The van der Waals surface area contributed by atoms with Gasteiger partial charge in [-0.15, -0.1) is 0 Å². The van der Waals surface area contributed by atoms with Gasteiger partial charge in [0.15, 0.2) is 0 Å². The van der Waals surface area contributed by atoms with Crippen molar-refractivity contribution in [2.24, 2.45) is 0 Å². The molecule has 0 radical (unpaired) electrons. The second-order valence-electron chi connectivity index (χ2n) is 5.63. The predicted octanol–water partition coefficient (Wildman–Crippen LogP) is 4.49. The van der Waals surface area contributed by atoms with Crippen LogP contribution in [0.5, 0.6) is 5.75 Å². The van der Waals surface area contributed by atoms with Gasteiger partial charge in [-0.05, 0) is 24.1 Å². The van der Waals surface area contributed by atoms with Gasteiger partial charge < -0.3 is 14.6 Å². The molecule has 5 heteroatoms. The minimum atomic E-state index is -0.521. The maximum Gasteiger partial charge on any atom is 0.342 e. The first-order chi connectivity index (χ1) is 12.5. The number of carbonyl (C=O) groups is 2. The van der Waals surface area contributed by atoms with Crippen LogP contribution in [-0.2, 0) is 20.9 Å². The van der Waals surface area contributed by atoms with Crippen LogP contribution in [0.3, 0.4) is 0 Å². The maximum absolute atomic E-state index is 11.7. The number of phenols is 1. The summed E-state index contributed by atoms with van der Waals surface area (Å²) >= 11 is 0. The highest BCUT2D eigenvalue weighted by Gasteiger charge is 2.11. The zero-order valence-electron chi connectivity index (χ0n) is 15.3. The van der Waals surface area contributed by atoms with Gasteiger partial charge in [0.2, 0.25) is 0 Å². The van der Waals surface area contributed by atoms with E-state index in [4.69, 9.17) is 9.47 Å². The standard InChI is InChI=1S/C14H12O3.C7H14O2/c15-13-9-5-4-8-12(13)14(16)17-10-11-6-2-1-3-7-11;1-3-4-5-6-9-7(2)8/h1-9,15H,10H2;3-6H2,1-2H3. The third-order valence-electron chi connectivity index (χ3n) is 3.39. The predicted molar refractivity (Wildman–Crippen MR) is 99.8 cm³/mol. The topological polar surface area (TPSA) is 72.8 Å². The van der Waals surface area contributed by atoms with Crippen LogP contribution in [0.1, 0.15) is 49.0 Å². The first kappa shape index (κ1) is 21.2. The second kappa shape index (κ2) is 12.5. The monoisotopic (exact) mass is 358 g/mol. The Morgan fingerprint density at radius 2 is 1.58 bits per heavy atom. The summed E-state index contributed by atoms with van der Waals surface area (Å²) < 4.78 is 9.80. The van der Waals surface area contributed by atoms with Gasteiger partial charge in [-0.25, -0.2) is 4.79 Å². The van der Waals surface area contributed by atoms with Crippen molar-refractivity contribution in [2.75, 3.05) is 6.61 Å². The number of rotatable bonds is 7. The van der Waals surface area contributed by atoms with E-state index in [0.717, 1.165) is 18.4 Å². The van der Waals surface area contributed by atoms with E-state index in [1.54, 1.807) is 12.1 Å². The lowest BCUT2D eigenvalue weighted by molar-refractivity contribution is -0.141. The van der Waals surface area contributed by atoms with Crippen molar-refractivity contribution in [1.82, 2.24) is 0 Å². The average molecular weight is 358 g/mol. The van der Waals surface area contributed by atoms with E-state index < -0.39 is 5.97 Å². The molecule has 0 bridgehead atoms. The molecular formula is C21H26O5. The lowest BCUT2D eigenvalue weighted by Gasteiger charge is -2.05. The van der Waals surface area contributed by atoms with Gasteiger partial charge in [0.25, 0.3) is 0 Å². The normalized spacial score (nSPS) is 9.62. The van der Waals surface area contributed by atoms with Crippen LogP contribution in [0, 0.1) is 0 Å². The van der Waals surface area contributed by atoms with E-state index in [2.05, 4.69) is 6.92 Å². The molecular weight excluding hydrogens is 332 g/mol. The van der Waals surface area contributed by atoms with Crippen molar-refractivity contribution in [3.05, 3.63) is 65.7 Å². The smallest absolute Gasteiger partial charge is 0.342 e. The van der Waals surface area contributed by atoms with E-state index in [-0.39, 0.29) is 23.9 Å². The van der Waals surface area contributed by atoms with Crippen molar-refractivity contribution in [3.8, 4) is 5.75 Å². The zero-order valence-corrected chi connectivity index (χ0v) is 15.3. The first-order valence-electron chi connectivity index (χ1n) is 8.67. The Labute approximate surface area is 154 Å². The molecule has 0 aliphatic carbocycles. The summed E-state index contributed by atoms with van der Waals surface area (Å²) in [6.45, 7) is 4.34. The summed E-state index contributed by atoms with van der Waals surface area (Å²) in [5, 5.41) is 9.48. The lowest BCUT2D eigenvalue weighted by atomic mass is 10.2. The number of carbonyl (C=O) groups excluding carboxylic acids is 2. The molecule has 2 aromatic rings. The Bertz CT molecular complexity index is 667. The molecule has 0 saturated heterocycles. The lowest BCUT2D eigenvalue weighted by Crippen LogP contribution is -2.05. The molecule has 0 aliphatic heterocycles. The fourth-order valence-electron chi connectivity index (χ4n) is 2.02. The van der Waals surface area contributed by atoms with Gasteiger partial charge in [-0.2, -0.15) is 0 Å². The summed E-state index contributed by atoms with van der Waals surface area (Å²) in [5.74, 6) is -0.761. The fourth-order valence-corrected chi connectivity index (χ4v) is 2.02. The van der Waals surface area contributed by atoms with Crippen molar-refractivity contribution < 1.29 is 24.2 Å². The molecule has 2 rings (SSSR count). The van der Waals surface area contributed by atoms with Gasteiger partial charge in [0.05, 0.1) is 6.61 Å². The largest absolute Gasteiger partial charge is 0.507 e. The molecule has 140 valence electrons. The highest BCUT2D eigenvalue weighted by molar-refractivity contribution is 5.92. The van der Waals surface area contributed by atoms with Crippen molar-refractivity contribution >= 4 is 11.9 Å². The van der Waals surface area contributed by atoms with Crippen molar-refractivity contribution in [3.63, 3.8) is 0 Å². The number of unbranched alkanes of at least 4 members (excludes halogenated alkanes) is 2. The molecule has 26 heavy (non-hydrogen) atoms. The van der Waals surface area contributed by atoms with E-state index >= 15 is 0 Å². The van der Waals surface area contributed by atoms with Gasteiger partial charge in [0.1, 0.15) is 17.9 Å². The van der Waals surface area contributed by atoms with E-state index in [1.807, 2.05) is 30.3 Å². The number of hydrogen-bond donors (Lipinski definition) is 1. The van der Waals surface area contributed by atoms with E-state index in [0.29, 0.717) is 6.61 Å². The zero-order chi connectivity index (χ0) is 19.2. The number of aromatic hydroxyl groups is 1. The van der Waals surface area contributed by atoms with Crippen LogP contribution in [0.25, 0.3) is 0 Å². The Balaban J connectivity index is 0.000000321. The second-order valence-corrected chi connectivity index (χ2v) is 5.63. The summed E-state index contributed by atoms with van der Waals surface area (Å²) in [6, 6.07) is 15.7. The van der Waals surface area contributed by atoms with Crippen molar-refractivity contribution in [2.45, 2.75) is 39.7 Å². The van der Waals surface area contributed by atoms with Crippen LogP contribution in [-0.4, -0.2) is 23.7 Å². The molecule has 0 aliphatic rings. The van der Waals surface area contributed by atoms with E-state index in [1.165, 1.54) is 25.5 Å². The summed E-state index contributed by atoms with van der Waals surface area (Å²) in [5.41, 5.74) is 1.10. The van der Waals surface area contributed by atoms with Gasteiger partial charge >= 0.3 is 11.9 Å². The Morgan fingerprint density at radius 1 is 0.923 bits per heavy atom. The number of para-hydroxylation sites is 1. The summed E-state index contributed by atoms with van der Waals surface area (Å²) in [4.78, 5) is 21.8. The number of benzene rings is 2. The molecule has 0 amide bonds. The minimum Gasteiger partial charge on any atom is -0.507 e. The fraction of sp³-hybridized carbons (Fsp3) is 0.333. The number of esters is 2. The molecule has 5 nitrogen and oxygen atoms in total. The minimum absolute atomic E-state index is 0.0643.